The summed E-state index contributed by atoms with van der Waals surface area (Å²) in [6.07, 6.45) is 3.36. The van der Waals surface area contributed by atoms with Crippen LogP contribution in [0.2, 0.25) is 0 Å². The number of aryl methyl sites for hydroxylation is 1. The predicted molar refractivity (Wildman–Crippen MR) is 92.8 cm³/mol. The maximum atomic E-state index is 11.3. The molecule has 4 aromatic rings. The lowest BCUT2D eigenvalue weighted by atomic mass is 10.1. The fourth-order valence-electron chi connectivity index (χ4n) is 2.70. The Bertz CT molecular complexity index is 1070. The van der Waals surface area contributed by atoms with Gasteiger partial charge in [-0.2, -0.15) is 0 Å². The van der Waals surface area contributed by atoms with E-state index in [1.165, 1.54) is 0 Å². The minimum atomic E-state index is -1.01. The third-order valence-electron chi connectivity index (χ3n) is 3.92. The zero-order valence-corrected chi connectivity index (χ0v) is 12.9. The molecule has 0 radical (unpaired) electrons. The molecule has 0 saturated heterocycles. The highest BCUT2D eigenvalue weighted by atomic mass is 16.4. The summed E-state index contributed by atoms with van der Waals surface area (Å²) in [5.74, 6) is -0.426. The van der Waals surface area contributed by atoms with Gasteiger partial charge in [0.1, 0.15) is 5.69 Å². The summed E-state index contributed by atoms with van der Waals surface area (Å²) in [5.41, 5.74) is 3.57. The molecule has 0 amide bonds. The summed E-state index contributed by atoms with van der Waals surface area (Å²) in [6.45, 7) is 2.02. The number of nitrogens with one attached hydrogen (secondary N) is 2. The predicted octanol–water partition coefficient (Wildman–Crippen LogP) is 3.86. The fraction of sp³-hybridized carbons (Fsp3) is 0.0556. The summed E-state index contributed by atoms with van der Waals surface area (Å²) in [7, 11) is 0. The highest BCUT2D eigenvalue weighted by molar-refractivity contribution is 6.11. The van der Waals surface area contributed by atoms with E-state index in [1.807, 2.05) is 37.3 Å². The van der Waals surface area contributed by atoms with E-state index in [0.29, 0.717) is 11.3 Å². The molecule has 0 aliphatic carbocycles. The van der Waals surface area contributed by atoms with Crippen LogP contribution >= 0.6 is 0 Å². The topological polar surface area (TPSA) is 90.9 Å². The van der Waals surface area contributed by atoms with Crippen molar-refractivity contribution in [2.45, 2.75) is 6.92 Å². The molecule has 0 unspecified atom stereocenters. The van der Waals surface area contributed by atoms with E-state index < -0.39 is 5.97 Å². The van der Waals surface area contributed by atoms with Crippen molar-refractivity contribution >= 4 is 39.3 Å². The fourth-order valence-corrected chi connectivity index (χ4v) is 2.70. The number of hydrogen-bond donors (Lipinski definition) is 3. The molecule has 6 heteroatoms. The molecular weight excluding hydrogens is 304 g/mol. The number of carboxylic acids is 1. The van der Waals surface area contributed by atoms with Crippen LogP contribution in [0.15, 0.2) is 48.8 Å². The van der Waals surface area contributed by atoms with Gasteiger partial charge in [0.2, 0.25) is 0 Å². The van der Waals surface area contributed by atoms with Gasteiger partial charge in [0, 0.05) is 28.9 Å². The number of nitrogens with zero attached hydrogens (tertiary/aromatic N) is 2. The monoisotopic (exact) mass is 318 g/mol. The molecule has 0 atom stereocenters. The number of hydrogen-bond acceptors (Lipinski definition) is 4. The molecule has 3 aromatic heterocycles. The molecular formula is C18H14N4O2. The van der Waals surface area contributed by atoms with Gasteiger partial charge < -0.3 is 15.4 Å². The van der Waals surface area contributed by atoms with Gasteiger partial charge in [-0.25, -0.2) is 9.78 Å². The van der Waals surface area contributed by atoms with Crippen molar-refractivity contribution < 1.29 is 9.90 Å². The second-order valence-electron chi connectivity index (χ2n) is 5.62. The van der Waals surface area contributed by atoms with Crippen molar-refractivity contribution in [1.82, 2.24) is 15.0 Å². The molecule has 0 saturated carbocycles. The number of anilines is 2. The Kier molecular flexibility index (Phi) is 3.16. The average Bonchev–Trinajstić information content (AvgIpc) is 3.03. The smallest absolute Gasteiger partial charge is 0.352 e. The Balaban J connectivity index is 1.94. The first-order valence-corrected chi connectivity index (χ1v) is 7.45. The first-order valence-electron chi connectivity index (χ1n) is 7.45. The number of fused-ring (bicyclic) bond motifs is 3. The standard InChI is InChI=1S/C18H14N4O2/c1-10-2-4-11(5-3-10)20-17-16-12(8-15(21-16)18(23)24)13-9-19-7-6-14(13)22-17/h2-9,21H,1H3,(H,20,22)(H,23,24). The number of carboxylic acid groups (broad SMARTS) is 1. The van der Waals surface area contributed by atoms with Crippen LogP contribution in [0.4, 0.5) is 11.5 Å². The highest BCUT2D eigenvalue weighted by Crippen LogP contribution is 2.31. The van der Waals surface area contributed by atoms with Crippen LogP contribution in [-0.2, 0) is 0 Å². The molecule has 0 bridgehead atoms. The van der Waals surface area contributed by atoms with Gasteiger partial charge in [0.05, 0.1) is 11.0 Å². The first kappa shape index (κ1) is 14.2. The largest absolute Gasteiger partial charge is 0.477 e. The van der Waals surface area contributed by atoms with Crippen molar-refractivity contribution in [2.24, 2.45) is 0 Å². The SMILES string of the molecule is Cc1ccc(Nc2nc3ccncc3c3cc(C(=O)O)[nH]c23)cc1. The Hall–Kier alpha value is -3.41. The average molecular weight is 318 g/mol. The molecule has 4 rings (SSSR count). The maximum absolute atomic E-state index is 11.3. The number of rotatable bonds is 3. The Labute approximate surface area is 137 Å². The Morgan fingerprint density at radius 2 is 1.96 bits per heavy atom. The molecule has 6 nitrogen and oxygen atoms in total. The quantitative estimate of drug-likeness (QED) is 0.533. The van der Waals surface area contributed by atoms with Crippen molar-refractivity contribution in [1.29, 1.82) is 0 Å². The zero-order chi connectivity index (χ0) is 16.7. The van der Waals surface area contributed by atoms with Gasteiger partial charge in [-0.3, -0.25) is 4.98 Å². The van der Waals surface area contributed by atoms with Gasteiger partial charge in [0.25, 0.3) is 0 Å². The van der Waals surface area contributed by atoms with E-state index >= 15 is 0 Å². The molecule has 0 aliphatic heterocycles. The lowest BCUT2D eigenvalue weighted by molar-refractivity contribution is 0.0691. The molecule has 0 fully saturated rings. The van der Waals surface area contributed by atoms with Crippen LogP contribution in [0.3, 0.4) is 0 Å². The van der Waals surface area contributed by atoms with E-state index in [4.69, 9.17) is 0 Å². The molecule has 3 heterocycles. The first-order chi connectivity index (χ1) is 11.6. The second kappa shape index (κ2) is 5.34. The Morgan fingerprint density at radius 1 is 1.17 bits per heavy atom. The summed E-state index contributed by atoms with van der Waals surface area (Å²) in [5, 5.41) is 14.1. The van der Waals surface area contributed by atoms with Crippen molar-refractivity contribution in [3.63, 3.8) is 0 Å². The van der Waals surface area contributed by atoms with Crippen molar-refractivity contribution in [3.05, 3.63) is 60.0 Å². The van der Waals surface area contributed by atoms with Crippen molar-refractivity contribution in [3.8, 4) is 0 Å². The molecule has 3 N–H and O–H groups in total. The number of benzene rings is 1. The Morgan fingerprint density at radius 3 is 2.71 bits per heavy atom. The number of aromatic carboxylic acids is 1. The number of carbonyl (C=O) groups is 1. The van der Waals surface area contributed by atoms with Crippen LogP contribution in [0, 0.1) is 6.92 Å². The third-order valence-corrected chi connectivity index (χ3v) is 3.92. The maximum Gasteiger partial charge on any atom is 0.352 e. The lowest BCUT2D eigenvalue weighted by Gasteiger charge is -2.09. The molecule has 0 spiro atoms. The van der Waals surface area contributed by atoms with Crippen LogP contribution in [-0.4, -0.2) is 26.0 Å². The minimum absolute atomic E-state index is 0.120. The molecule has 118 valence electrons. The van der Waals surface area contributed by atoms with Gasteiger partial charge in [-0.15, -0.1) is 0 Å². The second-order valence-corrected chi connectivity index (χ2v) is 5.62. The van der Waals surface area contributed by atoms with Crippen LogP contribution < -0.4 is 5.32 Å². The summed E-state index contributed by atoms with van der Waals surface area (Å²) < 4.78 is 0. The van der Waals surface area contributed by atoms with E-state index in [2.05, 4.69) is 20.3 Å². The zero-order valence-electron chi connectivity index (χ0n) is 12.9. The number of H-pyrrole nitrogens is 1. The molecule has 1 aromatic carbocycles. The molecule has 24 heavy (non-hydrogen) atoms. The summed E-state index contributed by atoms with van der Waals surface area (Å²) in [4.78, 5) is 23.0. The van der Waals surface area contributed by atoms with Crippen LogP contribution in [0.25, 0.3) is 21.8 Å². The minimum Gasteiger partial charge on any atom is -0.477 e. The van der Waals surface area contributed by atoms with E-state index in [9.17, 15) is 9.90 Å². The number of aromatic nitrogens is 3. The van der Waals surface area contributed by atoms with Gasteiger partial charge >= 0.3 is 5.97 Å². The molecule has 0 aliphatic rings. The van der Waals surface area contributed by atoms with Gasteiger partial charge in [-0.1, -0.05) is 17.7 Å². The van der Waals surface area contributed by atoms with E-state index in [0.717, 1.165) is 27.5 Å². The van der Waals surface area contributed by atoms with Crippen LogP contribution in [0.1, 0.15) is 16.1 Å². The number of aromatic amines is 1. The number of pyridine rings is 2. The van der Waals surface area contributed by atoms with Gasteiger partial charge in [0.15, 0.2) is 5.82 Å². The highest BCUT2D eigenvalue weighted by Gasteiger charge is 2.15. The van der Waals surface area contributed by atoms with E-state index in [1.54, 1.807) is 18.5 Å². The van der Waals surface area contributed by atoms with Crippen LogP contribution in [0.5, 0.6) is 0 Å². The summed E-state index contributed by atoms with van der Waals surface area (Å²) in [6, 6.07) is 11.3. The normalized spacial score (nSPS) is 11.0. The lowest BCUT2D eigenvalue weighted by Crippen LogP contribution is -1.97. The van der Waals surface area contributed by atoms with Gasteiger partial charge in [-0.05, 0) is 31.2 Å². The van der Waals surface area contributed by atoms with Crippen molar-refractivity contribution in [2.75, 3.05) is 5.32 Å². The third kappa shape index (κ3) is 2.34. The summed E-state index contributed by atoms with van der Waals surface area (Å²) >= 11 is 0. The van der Waals surface area contributed by atoms with E-state index in [-0.39, 0.29) is 5.69 Å².